The van der Waals surface area contributed by atoms with E-state index in [1.54, 1.807) is 19.2 Å². The molecule has 0 saturated carbocycles. The second-order valence-electron chi connectivity index (χ2n) is 9.00. The molecule has 176 valence electrons. The first-order chi connectivity index (χ1) is 16.5. The van der Waals surface area contributed by atoms with Gasteiger partial charge in [-0.15, -0.1) is 0 Å². The van der Waals surface area contributed by atoms with Crippen LogP contribution in [0.5, 0.6) is 5.75 Å². The molecule has 5 nitrogen and oxygen atoms in total. The molecule has 3 aromatic carbocycles. The number of nitrogens with one attached hydrogen (secondary N) is 1. The molecular weight excluding hydrogens is 424 g/mol. The molecule has 1 aliphatic rings. The monoisotopic (exact) mass is 456 g/mol. The molecule has 1 aliphatic heterocycles. The highest BCUT2D eigenvalue weighted by molar-refractivity contribution is 6.08. The molecule has 0 spiro atoms. The van der Waals surface area contributed by atoms with Crippen molar-refractivity contribution in [2.24, 2.45) is 0 Å². The summed E-state index contributed by atoms with van der Waals surface area (Å²) >= 11 is 0. The smallest absolute Gasteiger partial charge is 0.251 e. The van der Waals surface area contributed by atoms with Gasteiger partial charge >= 0.3 is 0 Å². The Labute approximate surface area is 201 Å². The Bertz CT molecular complexity index is 1090. The lowest BCUT2D eigenvalue weighted by Gasteiger charge is -2.34. The van der Waals surface area contributed by atoms with E-state index in [0.29, 0.717) is 17.0 Å². The summed E-state index contributed by atoms with van der Waals surface area (Å²) in [6.07, 6.45) is 1.89. The number of likely N-dealkylation sites (tertiary alicyclic amines) is 1. The average molecular weight is 457 g/mol. The van der Waals surface area contributed by atoms with Crippen molar-refractivity contribution in [2.45, 2.75) is 31.7 Å². The molecule has 4 rings (SSSR count). The second-order valence-corrected chi connectivity index (χ2v) is 9.00. The molecule has 1 N–H and O–H groups in total. The standard InChI is InChI=1S/C29H32N2O3/c1-21(22-8-10-24(11-9-22)28(32)23-6-4-3-5-7-23)20-31-18-16-26(17-19-31)30-29(33)25-12-14-27(34-2)15-13-25/h3-15,21,26H,16-20H2,1-2H3,(H,30,33). The predicted molar refractivity (Wildman–Crippen MR) is 135 cm³/mol. The maximum atomic E-state index is 12.6. The molecule has 0 radical (unpaired) electrons. The van der Waals surface area contributed by atoms with E-state index in [0.717, 1.165) is 43.8 Å². The normalized spacial score (nSPS) is 15.5. The van der Waals surface area contributed by atoms with Crippen molar-refractivity contribution >= 4 is 11.7 Å². The number of hydrogen-bond donors (Lipinski definition) is 1. The number of ketones is 1. The van der Waals surface area contributed by atoms with Crippen LogP contribution < -0.4 is 10.1 Å². The maximum Gasteiger partial charge on any atom is 0.251 e. The van der Waals surface area contributed by atoms with Crippen molar-refractivity contribution in [3.05, 3.63) is 101 Å². The van der Waals surface area contributed by atoms with E-state index in [9.17, 15) is 9.59 Å². The number of ether oxygens (including phenoxy) is 1. The topological polar surface area (TPSA) is 58.6 Å². The molecule has 0 bridgehead atoms. The minimum Gasteiger partial charge on any atom is -0.497 e. The van der Waals surface area contributed by atoms with Gasteiger partial charge in [-0.1, -0.05) is 61.5 Å². The van der Waals surface area contributed by atoms with Crippen LogP contribution in [0, 0.1) is 0 Å². The summed E-state index contributed by atoms with van der Waals surface area (Å²) in [5, 5.41) is 3.17. The number of carbonyl (C=O) groups excluding carboxylic acids is 2. The lowest BCUT2D eigenvalue weighted by molar-refractivity contribution is 0.0909. The summed E-state index contributed by atoms with van der Waals surface area (Å²) in [5.41, 5.74) is 3.33. The quantitative estimate of drug-likeness (QED) is 0.489. The van der Waals surface area contributed by atoms with Gasteiger partial charge in [0.05, 0.1) is 7.11 Å². The zero-order valence-electron chi connectivity index (χ0n) is 19.9. The van der Waals surface area contributed by atoms with E-state index in [1.807, 2.05) is 54.6 Å². The summed E-state index contributed by atoms with van der Waals surface area (Å²) in [7, 11) is 1.62. The summed E-state index contributed by atoms with van der Waals surface area (Å²) in [4.78, 5) is 27.6. The van der Waals surface area contributed by atoms with Crippen molar-refractivity contribution in [1.82, 2.24) is 10.2 Å². The van der Waals surface area contributed by atoms with Gasteiger partial charge in [-0.3, -0.25) is 9.59 Å². The molecule has 1 unspecified atom stereocenters. The summed E-state index contributed by atoms with van der Waals surface area (Å²) in [6, 6.07) is 24.8. The van der Waals surface area contributed by atoms with E-state index < -0.39 is 0 Å². The highest BCUT2D eigenvalue weighted by Crippen LogP contribution is 2.21. The lowest BCUT2D eigenvalue weighted by atomic mass is 9.95. The van der Waals surface area contributed by atoms with Crippen LogP contribution in [0.4, 0.5) is 0 Å². The maximum absolute atomic E-state index is 12.6. The molecule has 1 atom stereocenters. The second kappa shape index (κ2) is 11.1. The molecule has 3 aromatic rings. The van der Waals surface area contributed by atoms with Crippen LogP contribution in [-0.4, -0.2) is 49.4 Å². The third-order valence-electron chi connectivity index (χ3n) is 6.58. The van der Waals surface area contributed by atoms with E-state index >= 15 is 0 Å². The Kier molecular flexibility index (Phi) is 7.76. The number of benzene rings is 3. The molecule has 34 heavy (non-hydrogen) atoms. The first-order valence-electron chi connectivity index (χ1n) is 11.9. The predicted octanol–water partition coefficient (Wildman–Crippen LogP) is 4.92. The van der Waals surface area contributed by atoms with Crippen molar-refractivity contribution < 1.29 is 14.3 Å². The van der Waals surface area contributed by atoms with E-state index in [4.69, 9.17) is 4.74 Å². The number of piperidine rings is 1. The third kappa shape index (κ3) is 5.91. The van der Waals surface area contributed by atoms with Gasteiger partial charge in [0.25, 0.3) is 5.91 Å². The summed E-state index contributed by atoms with van der Waals surface area (Å²) in [6.45, 7) is 5.11. The highest BCUT2D eigenvalue weighted by Gasteiger charge is 2.22. The van der Waals surface area contributed by atoms with Crippen molar-refractivity contribution in [3.8, 4) is 5.75 Å². The van der Waals surface area contributed by atoms with Crippen LogP contribution in [0.25, 0.3) is 0 Å². The molecular formula is C29H32N2O3. The van der Waals surface area contributed by atoms with Gasteiger partial charge in [0.15, 0.2) is 5.78 Å². The van der Waals surface area contributed by atoms with Crippen molar-refractivity contribution in [3.63, 3.8) is 0 Å². The van der Waals surface area contributed by atoms with E-state index in [1.165, 1.54) is 5.56 Å². The fourth-order valence-electron chi connectivity index (χ4n) is 4.48. The molecule has 1 fully saturated rings. The number of amides is 1. The van der Waals surface area contributed by atoms with Gasteiger partial charge in [-0.2, -0.15) is 0 Å². The Morgan fingerprint density at radius 3 is 2.09 bits per heavy atom. The first-order valence-corrected chi connectivity index (χ1v) is 11.9. The minimum atomic E-state index is -0.0281. The largest absolute Gasteiger partial charge is 0.497 e. The molecule has 0 aromatic heterocycles. The Morgan fingerprint density at radius 2 is 1.47 bits per heavy atom. The zero-order chi connectivity index (χ0) is 23.9. The molecule has 1 saturated heterocycles. The number of methoxy groups -OCH3 is 1. The van der Waals surface area contributed by atoms with Crippen LogP contribution in [0.3, 0.4) is 0 Å². The summed E-state index contributed by atoms with van der Waals surface area (Å²) in [5.74, 6) is 1.14. The zero-order valence-corrected chi connectivity index (χ0v) is 19.9. The van der Waals surface area contributed by atoms with Crippen LogP contribution >= 0.6 is 0 Å². The fourth-order valence-corrected chi connectivity index (χ4v) is 4.48. The molecule has 0 aliphatic carbocycles. The van der Waals surface area contributed by atoms with Crippen LogP contribution in [-0.2, 0) is 0 Å². The lowest BCUT2D eigenvalue weighted by Crippen LogP contribution is -2.45. The number of nitrogens with zero attached hydrogens (tertiary/aromatic N) is 1. The van der Waals surface area contributed by atoms with Gasteiger partial charge in [0, 0.05) is 42.4 Å². The molecule has 1 heterocycles. The fraction of sp³-hybridized carbons (Fsp3) is 0.310. The van der Waals surface area contributed by atoms with Gasteiger partial charge in [-0.25, -0.2) is 0 Å². The minimum absolute atomic E-state index is 0.0281. The van der Waals surface area contributed by atoms with Gasteiger partial charge in [-0.05, 0) is 48.6 Å². The van der Waals surface area contributed by atoms with E-state index in [-0.39, 0.29) is 17.7 Å². The van der Waals surface area contributed by atoms with E-state index in [2.05, 4.69) is 29.3 Å². The molecule has 5 heteroatoms. The van der Waals surface area contributed by atoms with Crippen molar-refractivity contribution in [1.29, 1.82) is 0 Å². The Morgan fingerprint density at radius 1 is 0.882 bits per heavy atom. The third-order valence-corrected chi connectivity index (χ3v) is 6.58. The van der Waals surface area contributed by atoms with Gasteiger partial charge in [0.2, 0.25) is 0 Å². The van der Waals surface area contributed by atoms with Gasteiger partial charge < -0.3 is 15.0 Å². The highest BCUT2D eigenvalue weighted by atomic mass is 16.5. The van der Waals surface area contributed by atoms with Crippen LogP contribution in [0.2, 0.25) is 0 Å². The first kappa shape index (κ1) is 23.7. The van der Waals surface area contributed by atoms with Crippen molar-refractivity contribution in [2.75, 3.05) is 26.7 Å². The Balaban J connectivity index is 1.25. The summed E-state index contributed by atoms with van der Waals surface area (Å²) < 4.78 is 5.16. The molecule has 1 amide bonds. The SMILES string of the molecule is COc1ccc(C(=O)NC2CCN(CC(C)c3ccc(C(=O)c4ccccc4)cc3)CC2)cc1. The van der Waals surface area contributed by atoms with Crippen LogP contribution in [0.1, 0.15) is 57.5 Å². The number of rotatable bonds is 8. The Hall–Kier alpha value is -3.44. The number of carbonyl (C=O) groups is 2. The number of hydrogen-bond acceptors (Lipinski definition) is 4. The van der Waals surface area contributed by atoms with Crippen LogP contribution in [0.15, 0.2) is 78.9 Å². The average Bonchev–Trinajstić information content (AvgIpc) is 2.90. The van der Waals surface area contributed by atoms with Gasteiger partial charge in [0.1, 0.15) is 5.75 Å².